The normalized spacial score (nSPS) is 21.2. The van der Waals surface area contributed by atoms with Crippen molar-refractivity contribution in [2.45, 2.75) is 29.0 Å². The van der Waals surface area contributed by atoms with E-state index in [-0.39, 0.29) is 10.7 Å². The van der Waals surface area contributed by atoms with Crippen molar-refractivity contribution in [1.82, 2.24) is 5.32 Å². The molecule has 1 amide bonds. The predicted molar refractivity (Wildman–Crippen MR) is 114 cm³/mol. The van der Waals surface area contributed by atoms with Crippen LogP contribution in [0, 0.1) is 6.92 Å². The Labute approximate surface area is 175 Å². The van der Waals surface area contributed by atoms with Gasteiger partial charge in [-0.05, 0) is 24.6 Å². The number of carbonyl (C=O) groups excluding carboxylic acids is 2. The summed E-state index contributed by atoms with van der Waals surface area (Å²) in [5.41, 5.74) is 1.98. The summed E-state index contributed by atoms with van der Waals surface area (Å²) in [6, 6.07) is 22.9. The smallest absolute Gasteiger partial charge is 0.240 e. The molecule has 3 aromatic carbocycles. The van der Waals surface area contributed by atoms with Gasteiger partial charge in [-0.15, -0.1) is 0 Å². The maximum Gasteiger partial charge on any atom is 0.240 e. The summed E-state index contributed by atoms with van der Waals surface area (Å²) in [5.74, 6) is -1.80. The Morgan fingerprint density at radius 1 is 0.833 bits per heavy atom. The van der Waals surface area contributed by atoms with Gasteiger partial charge in [-0.3, -0.25) is 9.59 Å². The number of carbonyl (C=O) groups is 2. The summed E-state index contributed by atoms with van der Waals surface area (Å²) in [6.45, 7) is 1.86. The van der Waals surface area contributed by atoms with Gasteiger partial charge in [-0.2, -0.15) is 0 Å². The molecule has 0 radical (unpaired) electrons. The second kappa shape index (κ2) is 7.88. The summed E-state index contributed by atoms with van der Waals surface area (Å²) in [7, 11) is -4.01. The van der Waals surface area contributed by atoms with Gasteiger partial charge in [0.05, 0.1) is 4.90 Å². The van der Waals surface area contributed by atoms with E-state index in [1.54, 1.807) is 66.7 Å². The maximum atomic E-state index is 13.5. The van der Waals surface area contributed by atoms with Crippen LogP contribution < -0.4 is 5.32 Å². The predicted octanol–water partition coefficient (Wildman–Crippen LogP) is 3.30. The lowest BCUT2D eigenvalue weighted by Crippen LogP contribution is -2.36. The van der Waals surface area contributed by atoms with E-state index in [0.29, 0.717) is 11.1 Å². The number of hydrogen-bond acceptors (Lipinski definition) is 4. The number of amides is 1. The van der Waals surface area contributed by atoms with Crippen LogP contribution in [0.4, 0.5) is 0 Å². The first-order valence-electron chi connectivity index (χ1n) is 9.65. The molecule has 30 heavy (non-hydrogen) atoms. The Morgan fingerprint density at radius 2 is 1.40 bits per heavy atom. The third-order valence-corrected chi connectivity index (χ3v) is 7.56. The minimum atomic E-state index is -4.01. The highest BCUT2D eigenvalue weighted by atomic mass is 32.2. The molecule has 1 saturated heterocycles. The molecule has 0 spiro atoms. The molecule has 1 fully saturated rings. The second-order valence-electron chi connectivity index (χ2n) is 7.43. The minimum absolute atomic E-state index is 0.0713. The van der Waals surface area contributed by atoms with Crippen LogP contribution in [0.5, 0.6) is 0 Å². The number of aryl methyl sites for hydroxylation is 1. The monoisotopic (exact) mass is 419 g/mol. The summed E-state index contributed by atoms with van der Waals surface area (Å²) in [5, 5.41) is 1.28. The maximum absolute atomic E-state index is 13.5. The van der Waals surface area contributed by atoms with Gasteiger partial charge in [0, 0.05) is 11.5 Å². The van der Waals surface area contributed by atoms with Gasteiger partial charge in [0.1, 0.15) is 6.04 Å². The van der Waals surface area contributed by atoms with Crippen LogP contribution >= 0.6 is 0 Å². The van der Waals surface area contributed by atoms with Crippen molar-refractivity contribution in [2.75, 3.05) is 0 Å². The van der Waals surface area contributed by atoms with Gasteiger partial charge in [0.2, 0.25) is 5.91 Å². The summed E-state index contributed by atoms with van der Waals surface area (Å²) < 4.78 is 26.9. The van der Waals surface area contributed by atoms with Gasteiger partial charge in [0.15, 0.2) is 20.9 Å². The molecule has 5 nitrogen and oxygen atoms in total. The second-order valence-corrected chi connectivity index (χ2v) is 9.50. The summed E-state index contributed by atoms with van der Waals surface area (Å²) >= 11 is 0. The zero-order valence-corrected chi connectivity index (χ0v) is 17.2. The lowest BCUT2D eigenvalue weighted by Gasteiger charge is -2.22. The lowest BCUT2D eigenvalue weighted by atomic mass is 9.87. The molecule has 1 aliphatic rings. The molecule has 1 heterocycles. The topological polar surface area (TPSA) is 80.3 Å². The third-order valence-electron chi connectivity index (χ3n) is 5.45. The van der Waals surface area contributed by atoms with Gasteiger partial charge < -0.3 is 5.32 Å². The number of hydrogen-bond donors (Lipinski definition) is 1. The number of ketones is 1. The van der Waals surface area contributed by atoms with Crippen molar-refractivity contribution in [3.05, 3.63) is 102 Å². The molecule has 152 valence electrons. The van der Waals surface area contributed by atoms with E-state index < -0.39 is 33.0 Å². The van der Waals surface area contributed by atoms with Crippen molar-refractivity contribution in [3.63, 3.8) is 0 Å². The SMILES string of the molecule is Cc1ccc(S(=O)(=O)C2C(=O)N[C@H](C(=O)c3ccccc3)[C@@H]2c2ccccc2)cc1. The largest absolute Gasteiger partial charge is 0.344 e. The van der Waals surface area contributed by atoms with Crippen LogP contribution in [-0.4, -0.2) is 31.4 Å². The van der Waals surface area contributed by atoms with Gasteiger partial charge in [-0.25, -0.2) is 8.42 Å². The first kappa shape index (κ1) is 20.0. The van der Waals surface area contributed by atoms with Crippen LogP contribution in [0.15, 0.2) is 89.8 Å². The van der Waals surface area contributed by atoms with Crippen molar-refractivity contribution in [2.24, 2.45) is 0 Å². The molecule has 0 bridgehead atoms. The van der Waals surface area contributed by atoms with Gasteiger partial charge in [-0.1, -0.05) is 78.4 Å². The highest BCUT2D eigenvalue weighted by Gasteiger charge is 2.53. The quantitative estimate of drug-likeness (QED) is 0.644. The molecule has 3 aromatic rings. The lowest BCUT2D eigenvalue weighted by molar-refractivity contribution is -0.119. The van der Waals surface area contributed by atoms with Crippen molar-refractivity contribution in [3.8, 4) is 0 Å². The van der Waals surface area contributed by atoms with Crippen LogP contribution in [0.3, 0.4) is 0 Å². The Morgan fingerprint density at radius 3 is 2.00 bits per heavy atom. The zero-order chi connectivity index (χ0) is 21.3. The number of benzene rings is 3. The standard InChI is InChI=1S/C24H21NO4S/c1-16-12-14-19(15-13-16)30(28,29)23-20(17-8-4-2-5-9-17)21(25-24(23)27)22(26)18-10-6-3-7-11-18/h2-15,20-21,23H,1H3,(H,25,27)/t20-,21-,23?/m0/s1. The highest BCUT2D eigenvalue weighted by molar-refractivity contribution is 7.93. The van der Waals surface area contributed by atoms with Crippen LogP contribution in [0.25, 0.3) is 0 Å². The molecule has 1 aliphatic heterocycles. The molecule has 1 unspecified atom stereocenters. The fraction of sp³-hybridized carbons (Fsp3) is 0.167. The summed E-state index contributed by atoms with van der Waals surface area (Å²) in [6.07, 6.45) is 0. The van der Waals surface area contributed by atoms with Crippen molar-refractivity contribution < 1.29 is 18.0 Å². The number of Topliss-reactive ketones (excluding diaryl/α,β-unsaturated/α-hetero) is 1. The van der Waals surface area contributed by atoms with E-state index in [0.717, 1.165) is 5.56 Å². The molecule has 0 aromatic heterocycles. The average Bonchev–Trinajstić information content (AvgIpc) is 3.12. The van der Waals surface area contributed by atoms with Crippen LogP contribution in [0.1, 0.15) is 27.4 Å². The van der Waals surface area contributed by atoms with E-state index in [4.69, 9.17) is 0 Å². The van der Waals surface area contributed by atoms with Crippen LogP contribution in [0.2, 0.25) is 0 Å². The number of rotatable bonds is 5. The molecule has 1 N–H and O–H groups in total. The third kappa shape index (κ3) is 3.55. The average molecular weight is 420 g/mol. The molecule has 3 atom stereocenters. The molecule has 6 heteroatoms. The molecular weight excluding hydrogens is 398 g/mol. The Kier molecular flexibility index (Phi) is 5.26. The Balaban J connectivity index is 1.82. The van der Waals surface area contributed by atoms with Crippen molar-refractivity contribution in [1.29, 1.82) is 0 Å². The highest BCUT2D eigenvalue weighted by Crippen LogP contribution is 2.37. The number of sulfone groups is 1. The molecular formula is C24H21NO4S. The number of nitrogens with one attached hydrogen (secondary N) is 1. The van der Waals surface area contributed by atoms with E-state index >= 15 is 0 Å². The van der Waals surface area contributed by atoms with E-state index in [2.05, 4.69) is 5.32 Å². The first-order valence-corrected chi connectivity index (χ1v) is 11.2. The minimum Gasteiger partial charge on any atom is -0.344 e. The van der Waals surface area contributed by atoms with Crippen LogP contribution in [-0.2, 0) is 14.6 Å². The Bertz CT molecular complexity index is 1170. The molecule has 0 saturated carbocycles. The van der Waals surface area contributed by atoms with E-state index in [1.807, 2.05) is 13.0 Å². The molecule has 0 aliphatic carbocycles. The Hall–Kier alpha value is -3.25. The van der Waals surface area contributed by atoms with Gasteiger partial charge in [0.25, 0.3) is 0 Å². The van der Waals surface area contributed by atoms with Gasteiger partial charge >= 0.3 is 0 Å². The fourth-order valence-electron chi connectivity index (χ4n) is 3.92. The zero-order valence-electron chi connectivity index (χ0n) is 16.4. The van der Waals surface area contributed by atoms with E-state index in [9.17, 15) is 18.0 Å². The summed E-state index contributed by atoms with van der Waals surface area (Å²) in [4.78, 5) is 26.2. The van der Waals surface area contributed by atoms with E-state index in [1.165, 1.54) is 12.1 Å². The molecule has 4 rings (SSSR count). The first-order chi connectivity index (χ1) is 14.4. The van der Waals surface area contributed by atoms with Crippen molar-refractivity contribution >= 4 is 21.5 Å². The fourth-order valence-corrected chi connectivity index (χ4v) is 5.78.